The molecule has 6 heteroatoms. The van der Waals surface area contributed by atoms with Gasteiger partial charge in [0.05, 0.1) is 17.1 Å². The Balaban J connectivity index is 1.89. The molecule has 0 aliphatic rings. The maximum absolute atomic E-state index is 12.8. The van der Waals surface area contributed by atoms with Gasteiger partial charge in [0.25, 0.3) is 0 Å². The van der Waals surface area contributed by atoms with Crippen LogP contribution in [0.4, 0.5) is 4.39 Å². The maximum Gasteiger partial charge on any atom is 0.244 e. The Kier molecular flexibility index (Phi) is 6.52. The van der Waals surface area contributed by atoms with Crippen molar-refractivity contribution in [2.75, 3.05) is 6.61 Å². The molecule has 24 heavy (non-hydrogen) atoms. The zero-order valence-corrected chi connectivity index (χ0v) is 14.2. The van der Waals surface area contributed by atoms with Crippen molar-refractivity contribution in [3.63, 3.8) is 0 Å². The highest BCUT2D eigenvalue weighted by molar-refractivity contribution is 9.10. The van der Waals surface area contributed by atoms with Crippen molar-refractivity contribution in [2.24, 2.45) is 5.10 Å². The lowest BCUT2D eigenvalue weighted by Crippen LogP contribution is -2.19. The Bertz CT molecular complexity index is 783. The number of nitrogens with zero attached hydrogens (tertiary/aromatic N) is 1. The summed E-state index contributed by atoms with van der Waals surface area (Å²) in [7, 11) is 0. The minimum absolute atomic E-state index is 0.125. The molecule has 0 aromatic heterocycles. The summed E-state index contributed by atoms with van der Waals surface area (Å²) >= 11 is 3.37. The quantitative estimate of drug-likeness (QED) is 0.468. The first-order valence-electron chi connectivity index (χ1n) is 7.00. The number of amides is 1. The molecule has 2 aromatic carbocycles. The average Bonchev–Trinajstić information content (AvgIpc) is 2.56. The lowest BCUT2D eigenvalue weighted by molar-refractivity contribution is -0.120. The van der Waals surface area contributed by atoms with Gasteiger partial charge in [0.15, 0.2) is 0 Å². The number of nitrogens with one attached hydrogen (secondary N) is 1. The van der Waals surface area contributed by atoms with E-state index in [2.05, 4.69) is 32.4 Å². The Labute approximate surface area is 147 Å². The van der Waals surface area contributed by atoms with Crippen molar-refractivity contribution in [3.8, 4) is 18.1 Å². The number of halogens is 2. The molecule has 0 unspecified atom stereocenters. The summed E-state index contributed by atoms with van der Waals surface area (Å²) in [5.74, 6) is 2.40. The second-order valence-corrected chi connectivity index (χ2v) is 5.63. The van der Waals surface area contributed by atoms with Crippen LogP contribution in [0.2, 0.25) is 0 Å². The molecule has 0 spiro atoms. The van der Waals surface area contributed by atoms with Crippen molar-refractivity contribution in [1.29, 1.82) is 0 Å². The summed E-state index contributed by atoms with van der Waals surface area (Å²) in [5.41, 5.74) is 3.91. The van der Waals surface area contributed by atoms with Gasteiger partial charge in [0.1, 0.15) is 18.2 Å². The standard InChI is InChI=1S/C18H14BrFN2O2/c1-2-9-24-17-8-5-14(10-16(17)19)12-21-22-18(23)11-13-3-6-15(20)7-4-13/h1,3-8,10,12H,9,11H2,(H,22,23)/b21-12+. The highest BCUT2D eigenvalue weighted by atomic mass is 79.9. The third-order valence-electron chi connectivity index (χ3n) is 2.95. The number of ether oxygens (including phenoxy) is 1. The van der Waals surface area contributed by atoms with Gasteiger partial charge < -0.3 is 4.74 Å². The van der Waals surface area contributed by atoms with Gasteiger partial charge in [0, 0.05) is 0 Å². The molecule has 0 fully saturated rings. The van der Waals surface area contributed by atoms with Crippen molar-refractivity contribution in [1.82, 2.24) is 5.43 Å². The number of carbonyl (C=O) groups excluding carboxylic acids is 1. The van der Waals surface area contributed by atoms with Gasteiger partial charge in [-0.25, -0.2) is 9.82 Å². The van der Waals surface area contributed by atoms with Crippen LogP contribution in [0.15, 0.2) is 52.0 Å². The number of benzene rings is 2. The maximum atomic E-state index is 12.8. The highest BCUT2D eigenvalue weighted by Gasteiger charge is 2.03. The molecule has 0 heterocycles. The highest BCUT2D eigenvalue weighted by Crippen LogP contribution is 2.25. The van der Waals surface area contributed by atoms with Gasteiger partial charge >= 0.3 is 0 Å². The topological polar surface area (TPSA) is 50.7 Å². The van der Waals surface area contributed by atoms with Crippen LogP contribution in [0.3, 0.4) is 0 Å². The van der Waals surface area contributed by atoms with Crippen LogP contribution in [0, 0.1) is 18.2 Å². The molecule has 2 rings (SSSR count). The van der Waals surface area contributed by atoms with Crippen LogP contribution in [0.25, 0.3) is 0 Å². The molecular formula is C18H14BrFN2O2. The van der Waals surface area contributed by atoms with Crippen LogP contribution in [0.1, 0.15) is 11.1 Å². The summed E-state index contributed by atoms with van der Waals surface area (Å²) in [4.78, 5) is 11.8. The molecule has 0 aliphatic carbocycles. The SMILES string of the molecule is C#CCOc1ccc(/C=N/NC(=O)Cc2ccc(F)cc2)cc1Br. The number of hydrogen-bond acceptors (Lipinski definition) is 3. The fourth-order valence-corrected chi connectivity index (χ4v) is 2.35. The normalized spacial score (nSPS) is 10.4. The molecule has 4 nitrogen and oxygen atoms in total. The second-order valence-electron chi connectivity index (χ2n) is 4.78. The molecule has 0 saturated carbocycles. The third kappa shape index (κ3) is 5.52. The van der Waals surface area contributed by atoms with E-state index in [9.17, 15) is 9.18 Å². The summed E-state index contributed by atoms with van der Waals surface area (Å²) in [6.45, 7) is 0.186. The van der Waals surface area contributed by atoms with E-state index in [-0.39, 0.29) is 24.8 Å². The Hall–Kier alpha value is -2.65. The molecule has 122 valence electrons. The molecule has 1 N–H and O–H groups in total. The molecule has 0 bridgehead atoms. The van der Waals surface area contributed by atoms with Crippen molar-refractivity contribution in [2.45, 2.75) is 6.42 Å². The Morgan fingerprint density at radius 3 is 2.75 bits per heavy atom. The van der Waals surface area contributed by atoms with E-state index in [1.807, 2.05) is 0 Å². The van der Waals surface area contributed by atoms with Crippen molar-refractivity contribution < 1.29 is 13.9 Å². The van der Waals surface area contributed by atoms with E-state index >= 15 is 0 Å². The lowest BCUT2D eigenvalue weighted by atomic mass is 10.1. The minimum atomic E-state index is -0.336. The zero-order valence-electron chi connectivity index (χ0n) is 12.6. The predicted molar refractivity (Wildman–Crippen MR) is 94.3 cm³/mol. The summed E-state index contributed by atoms with van der Waals surface area (Å²) in [6, 6.07) is 11.1. The predicted octanol–water partition coefficient (Wildman–Crippen LogP) is 3.29. The fraction of sp³-hybridized carbons (Fsp3) is 0.111. The molecule has 0 aliphatic heterocycles. The van der Waals surface area contributed by atoms with Crippen LogP contribution in [-0.2, 0) is 11.2 Å². The monoisotopic (exact) mass is 388 g/mol. The summed E-state index contributed by atoms with van der Waals surface area (Å²) in [6.07, 6.45) is 6.78. The number of terminal acetylenes is 1. The molecule has 0 saturated heterocycles. The third-order valence-corrected chi connectivity index (χ3v) is 3.57. The van der Waals surface area contributed by atoms with Gasteiger partial charge in [-0.1, -0.05) is 18.1 Å². The van der Waals surface area contributed by atoms with Crippen LogP contribution in [0.5, 0.6) is 5.75 Å². The molecule has 1 amide bonds. The van der Waals surface area contributed by atoms with E-state index < -0.39 is 0 Å². The Morgan fingerprint density at radius 1 is 1.33 bits per heavy atom. The summed E-state index contributed by atoms with van der Waals surface area (Å²) in [5, 5.41) is 3.90. The molecule has 0 atom stereocenters. The first-order chi connectivity index (χ1) is 11.6. The lowest BCUT2D eigenvalue weighted by Gasteiger charge is -2.05. The van der Waals surface area contributed by atoms with Crippen LogP contribution >= 0.6 is 15.9 Å². The van der Waals surface area contributed by atoms with Gasteiger partial charge in [-0.3, -0.25) is 4.79 Å². The summed E-state index contributed by atoms with van der Waals surface area (Å²) < 4.78 is 18.9. The van der Waals surface area contributed by atoms with Gasteiger partial charge in [-0.2, -0.15) is 5.10 Å². The Morgan fingerprint density at radius 2 is 2.08 bits per heavy atom. The first-order valence-corrected chi connectivity index (χ1v) is 7.80. The van der Waals surface area contributed by atoms with E-state index in [1.165, 1.54) is 18.3 Å². The minimum Gasteiger partial charge on any atom is -0.480 e. The van der Waals surface area contributed by atoms with E-state index in [0.29, 0.717) is 11.3 Å². The van der Waals surface area contributed by atoms with E-state index in [1.54, 1.807) is 30.3 Å². The zero-order chi connectivity index (χ0) is 17.4. The van der Waals surface area contributed by atoms with E-state index in [0.717, 1.165) is 10.0 Å². The number of carbonyl (C=O) groups is 1. The number of hydrogen-bond donors (Lipinski definition) is 1. The van der Waals surface area contributed by atoms with Gasteiger partial charge in [-0.15, -0.1) is 6.42 Å². The van der Waals surface area contributed by atoms with Gasteiger partial charge in [-0.05, 0) is 57.4 Å². The van der Waals surface area contributed by atoms with Gasteiger partial charge in [0.2, 0.25) is 5.91 Å². The van der Waals surface area contributed by atoms with Crippen molar-refractivity contribution >= 4 is 28.1 Å². The molecule has 0 radical (unpaired) electrons. The number of hydrazone groups is 1. The van der Waals surface area contributed by atoms with E-state index in [4.69, 9.17) is 11.2 Å². The number of rotatable bonds is 6. The van der Waals surface area contributed by atoms with Crippen LogP contribution < -0.4 is 10.2 Å². The fourth-order valence-electron chi connectivity index (χ4n) is 1.84. The molecular weight excluding hydrogens is 375 g/mol. The average molecular weight is 389 g/mol. The van der Waals surface area contributed by atoms with Crippen LogP contribution in [-0.4, -0.2) is 18.7 Å². The largest absolute Gasteiger partial charge is 0.480 e. The smallest absolute Gasteiger partial charge is 0.244 e. The second kappa shape index (κ2) is 8.85. The first kappa shape index (κ1) is 17.7. The molecule has 2 aromatic rings. The van der Waals surface area contributed by atoms with Crippen molar-refractivity contribution in [3.05, 3.63) is 63.9 Å².